The van der Waals surface area contributed by atoms with Crippen LogP contribution in [0.15, 0.2) is 42.5 Å². The number of halogens is 3. The zero-order chi connectivity index (χ0) is 23.2. The first-order valence-corrected chi connectivity index (χ1v) is 10.7. The first kappa shape index (κ1) is 22.3. The molecule has 1 atom stereocenters. The van der Waals surface area contributed by atoms with E-state index < -0.39 is 17.6 Å². The number of amides is 1. The van der Waals surface area contributed by atoms with Crippen LogP contribution < -0.4 is 0 Å². The molecule has 1 amide bonds. The highest BCUT2D eigenvalue weighted by atomic mass is 19.4. The Balaban J connectivity index is 1.72. The number of hydrogen-bond donors (Lipinski definition) is 0. The van der Waals surface area contributed by atoms with E-state index in [1.54, 1.807) is 43.1 Å². The maximum atomic E-state index is 14.1. The second kappa shape index (κ2) is 8.24. The lowest BCUT2D eigenvalue weighted by atomic mass is 10.1. The van der Waals surface area contributed by atoms with Crippen LogP contribution in [0.3, 0.4) is 0 Å². The number of aromatic nitrogens is 2. The molecule has 1 saturated heterocycles. The van der Waals surface area contributed by atoms with E-state index >= 15 is 0 Å². The van der Waals surface area contributed by atoms with Gasteiger partial charge in [-0.25, -0.2) is 4.98 Å². The summed E-state index contributed by atoms with van der Waals surface area (Å²) >= 11 is 0. The van der Waals surface area contributed by atoms with Crippen molar-refractivity contribution in [3.8, 4) is 5.69 Å². The van der Waals surface area contributed by atoms with Crippen LogP contribution in [-0.2, 0) is 6.18 Å². The van der Waals surface area contributed by atoms with Gasteiger partial charge in [-0.3, -0.25) is 14.3 Å². The van der Waals surface area contributed by atoms with Gasteiger partial charge in [-0.1, -0.05) is 12.1 Å². The van der Waals surface area contributed by atoms with Gasteiger partial charge in [0.25, 0.3) is 5.91 Å². The van der Waals surface area contributed by atoms with Gasteiger partial charge >= 0.3 is 6.18 Å². The summed E-state index contributed by atoms with van der Waals surface area (Å²) in [7, 11) is 1.67. The monoisotopic (exact) mass is 444 g/mol. The number of likely N-dealkylation sites (tertiary alicyclic amines) is 1. The number of carbonyl (C=O) groups is 1. The number of imidazole rings is 1. The van der Waals surface area contributed by atoms with Crippen molar-refractivity contribution in [1.82, 2.24) is 19.4 Å². The smallest absolute Gasteiger partial charge is 0.337 e. The van der Waals surface area contributed by atoms with Crippen LogP contribution in [0.4, 0.5) is 13.2 Å². The van der Waals surface area contributed by atoms with E-state index in [9.17, 15) is 18.0 Å². The Hall–Kier alpha value is -2.87. The second-order valence-electron chi connectivity index (χ2n) is 8.66. The molecule has 1 aliphatic heterocycles. The predicted molar refractivity (Wildman–Crippen MR) is 118 cm³/mol. The summed E-state index contributed by atoms with van der Waals surface area (Å²) in [6, 6.07) is 11.2. The Kier molecular flexibility index (Phi) is 5.75. The maximum absolute atomic E-state index is 14.1. The highest BCUT2D eigenvalue weighted by Gasteiger charge is 2.36. The number of aryl methyl sites for hydroxylation is 1. The third kappa shape index (κ3) is 3.99. The molecule has 1 fully saturated rings. The average Bonchev–Trinajstić information content (AvgIpc) is 3.36. The molecule has 0 saturated carbocycles. The Morgan fingerprint density at radius 2 is 1.91 bits per heavy atom. The Morgan fingerprint density at radius 1 is 1.19 bits per heavy atom. The molecule has 0 radical (unpaired) electrons. The summed E-state index contributed by atoms with van der Waals surface area (Å²) in [4.78, 5) is 21.3. The van der Waals surface area contributed by atoms with E-state index in [1.807, 2.05) is 0 Å². The minimum Gasteiger partial charge on any atom is -0.337 e. The molecule has 170 valence electrons. The topological polar surface area (TPSA) is 41.4 Å². The van der Waals surface area contributed by atoms with Gasteiger partial charge in [0.05, 0.1) is 22.3 Å². The Labute approximate surface area is 185 Å². The average molecular weight is 445 g/mol. The molecule has 8 heteroatoms. The van der Waals surface area contributed by atoms with Crippen molar-refractivity contribution in [3.05, 3.63) is 59.4 Å². The highest BCUT2D eigenvalue weighted by molar-refractivity contribution is 5.95. The first-order chi connectivity index (χ1) is 15.1. The van der Waals surface area contributed by atoms with Gasteiger partial charge in [-0.05, 0) is 57.5 Å². The molecule has 1 aliphatic rings. The molecule has 32 heavy (non-hydrogen) atoms. The van der Waals surface area contributed by atoms with Gasteiger partial charge in [-0.2, -0.15) is 13.2 Å². The largest absolute Gasteiger partial charge is 0.418 e. The molecule has 0 spiro atoms. The highest BCUT2D eigenvalue weighted by Crippen LogP contribution is 2.36. The first-order valence-electron chi connectivity index (χ1n) is 10.7. The van der Waals surface area contributed by atoms with Crippen molar-refractivity contribution in [2.75, 3.05) is 20.1 Å². The molecule has 0 bridgehead atoms. The number of fused-ring (bicyclic) bond motifs is 1. The third-order valence-electron chi connectivity index (χ3n) is 6.31. The summed E-state index contributed by atoms with van der Waals surface area (Å²) in [5, 5.41) is 0. The molecule has 2 aromatic carbocycles. The molecule has 4 rings (SSSR count). The van der Waals surface area contributed by atoms with Gasteiger partial charge in [0.15, 0.2) is 0 Å². The Morgan fingerprint density at radius 3 is 2.56 bits per heavy atom. The fraction of sp³-hybridized carbons (Fsp3) is 0.417. The van der Waals surface area contributed by atoms with Crippen LogP contribution in [0.25, 0.3) is 16.7 Å². The van der Waals surface area contributed by atoms with Gasteiger partial charge in [0, 0.05) is 37.8 Å². The third-order valence-corrected chi connectivity index (χ3v) is 6.31. The van der Waals surface area contributed by atoms with Crippen molar-refractivity contribution in [1.29, 1.82) is 0 Å². The normalized spacial score (nSPS) is 17.4. The summed E-state index contributed by atoms with van der Waals surface area (Å²) in [5.41, 5.74) is 0.363. The molecule has 0 unspecified atom stereocenters. The number of hydrogen-bond acceptors (Lipinski definition) is 3. The fourth-order valence-electron chi connectivity index (χ4n) is 4.46. The van der Waals surface area contributed by atoms with E-state index in [4.69, 9.17) is 0 Å². The van der Waals surface area contributed by atoms with Crippen LogP contribution in [0, 0.1) is 6.92 Å². The number of para-hydroxylation sites is 2. The molecular weight excluding hydrogens is 417 g/mol. The number of nitrogens with zero attached hydrogens (tertiary/aromatic N) is 4. The van der Waals surface area contributed by atoms with Gasteiger partial charge in [-0.15, -0.1) is 0 Å². The van der Waals surface area contributed by atoms with Crippen molar-refractivity contribution in [3.63, 3.8) is 0 Å². The number of carbonyl (C=O) groups excluding carboxylic acids is 1. The second-order valence-corrected chi connectivity index (χ2v) is 8.66. The molecule has 2 heterocycles. The number of likely N-dealkylation sites (N-methyl/N-ethyl adjacent to an activating group) is 1. The van der Waals surface area contributed by atoms with E-state index in [-0.39, 0.29) is 17.3 Å². The lowest BCUT2D eigenvalue weighted by Crippen LogP contribution is -2.40. The standard InChI is InChI=1S/C24H27F3N4O/c1-15(2)30-12-11-18(14-30)29(4)23(32)17-9-10-21(19(13-17)24(25,26)27)31-16(3)28-20-7-5-6-8-22(20)31/h5-10,13,15,18H,11-12,14H2,1-4H3/t18-/m1/s1. The molecule has 3 aromatic rings. The Bertz CT molecular complexity index is 1150. The summed E-state index contributed by atoms with van der Waals surface area (Å²) in [5.74, 6) is 0.0532. The summed E-state index contributed by atoms with van der Waals surface area (Å²) in [6.45, 7) is 7.47. The minimum atomic E-state index is -4.62. The van der Waals surface area contributed by atoms with Crippen molar-refractivity contribution in [2.24, 2.45) is 0 Å². The number of benzene rings is 2. The lowest BCUT2D eigenvalue weighted by Gasteiger charge is -2.27. The van der Waals surface area contributed by atoms with E-state index in [2.05, 4.69) is 23.7 Å². The maximum Gasteiger partial charge on any atom is 0.418 e. The minimum absolute atomic E-state index is 0.0150. The van der Waals surface area contributed by atoms with Crippen LogP contribution >= 0.6 is 0 Å². The zero-order valence-corrected chi connectivity index (χ0v) is 18.6. The molecule has 5 nitrogen and oxygen atoms in total. The number of alkyl halides is 3. The fourth-order valence-corrected chi connectivity index (χ4v) is 4.46. The van der Waals surface area contributed by atoms with Crippen LogP contribution in [0.5, 0.6) is 0 Å². The quantitative estimate of drug-likeness (QED) is 0.574. The summed E-state index contributed by atoms with van der Waals surface area (Å²) < 4.78 is 43.8. The number of rotatable bonds is 4. The van der Waals surface area contributed by atoms with Crippen molar-refractivity contribution in [2.45, 2.75) is 45.5 Å². The predicted octanol–water partition coefficient (Wildman–Crippen LogP) is 4.91. The van der Waals surface area contributed by atoms with Gasteiger partial charge in [0.1, 0.15) is 5.82 Å². The van der Waals surface area contributed by atoms with E-state index in [0.717, 1.165) is 25.6 Å². The van der Waals surface area contributed by atoms with Gasteiger partial charge in [0.2, 0.25) is 0 Å². The van der Waals surface area contributed by atoms with Crippen molar-refractivity contribution < 1.29 is 18.0 Å². The molecule has 1 aromatic heterocycles. The van der Waals surface area contributed by atoms with E-state index in [1.165, 1.54) is 16.7 Å². The van der Waals surface area contributed by atoms with Crippen LogP contribution in [0.2, 0.25) is 0 Å². The van der Waals surface area contributed by atoms with Crippen LogP contribution in [0.1, 0.15) is 42.0 Å². The van der Waals surface area contributed by atoms with E-state index in [0.29, 0.717) is 22.9 Å². The molecule has 0 aliphatic carbocycles. The molecule has 0 N–H and O–H groups in total. The molecular formula is C24H27F3N4O. The summed E-state index contributed by atoms with van der Waals surface area (Å²) in [6.07, 6.45) is -3.81. The van der Waals surface area contributed by atoms with Gasteiger partial charge < -0.3 is 4.90 Å². The zero-order valence-electron chi connectivity index (χ0n) is 18.6. The SMILES string of the molecule is Cc1nc2ccccc2n1-c1ccc(C(=O)N(C)[C@@H]2CCN(C(C)C)C2)cc1C(F)(F)F. The van der Waals surface area contributed by atoms with Crippen LogP contribution in [-0.4, -0.2) is 57.5 Å². The van der Waals surface area contributed by atoms with Crippen molar-refractivity contribution >= 4 is 16.9 Å². The lowest BCUT2D eigenvalue weighted by molar-refractivity contribution is -0.137.